The van der Waals surface area contributed by atoms with Gasteiger partial charge in [0.05, 0.1) is 37.4 Å². The molecule has 11 heteroatoms. The monoisotopic (exact) mass is 615 g/mol. The van der Waals surface area contributed by atoms with Crippen LogP contribution < -0.4 is 4.74 Å². The van der Waals surface area contributed by atoms with E-state index in [1.54, 1.807) is 13.3 Å². The lowest BCUT2D eigenvalue weighted by Crippen LogP contribution is -2.45. The number of aryl methyl sites for hydroxylation is 1. The van der Waals surface area contributed by atoms with Gasteiger partial charge in [-0.1, -0.05) is 0 Å². The number of aromatic nitrogens is 1. The van der Waals surface area contributed by atoms with Crippen molar-refractivity contribution in [1.29, 1.82) is 0 Å². The number of nitrogens with zero attached hydrogens (tertiary/aromatic N) is 3. The zero-order valence-electron chi connectivity index (χ0n) is 25.0. The third kappa shape index (κ3) is 7.34. The van der Waals surface area contributed by atoms with Crippen molar-refractivity contribution < 1.29 is 37.7 Å². The van der Waals surface area contributed by atoms with Gasteiger partial charge in [-0.2, -0.15) is 0 Å². The first kappa shape index (κ1) is 32.2. The summed E-state index contributed by atoms with van der Waals surface area (Å²) in [6.07, 6.45) is 2.96. The van der Waals surface area contributed by atoms with Crippen molar-refractivity contribution in [2.45, 2.75) is 51.2 Å². The first-order chi connectivity index (χ1) is 21.2. The minimum Gasteiger partial charge on any atom is -0.497 e. The van der Waals surface area contributed by atoms with E-state index < -0.39 is 34.9 Å². The van der Waals surface area contributed by atoms with Crippen molar-refractivity contribution in [3.8, 4) is 5.75 Å². The number of likely N-dealkylation sites (tertiary alicyclic amines) is 1. The van der Waals surface area contributed by atoms with Crippen LogP contribution in [0.4, 0.5) is 13.2 Å². The number of fused-ring (bicyclic) bond motifs is 1. The number of aliphatic carboxylic acids is 1. The lowest BCUT2D eigenvalue weighted by atomic mass is 9.73. The largest absolute Gasteiger partial charge is 0.497 e. The van der Waals surface area contributed by atoms with Gasteiger partial charge >= 0.3 is 5.97 Å². The fourth-order valence-corrected chi connectivity index (χ4v) is 6.50. The molecule has 8 nitrogen and oxygen atoms in total. The van der Waals surface area contributed by atoms with E-state index in [0.717, 1.165) is 41.2 Å². The molecule has 2 aliphatic rings. The van der Waals surface area contributed by atoms with Crippen LogP contribution in [0.25, 0.3) is 10.9 Å². The van der Waals surface area contributed by atoms with Gasteiger partial charge in [0.1, 0.15) is 11.6 Å². The van der Waals surface area contributed by atoms with Crippen LogP contribution in [0.15, 0.2) is 36.5 Å². The molecule has 0 amide bonds. The number of carboxylic acids is 1. The van der Waals surface area contributed by atoms with Crippen molar-refractivity contribution in [3.63, 3.8) is 0 Å². The van der Waals surface area contributed by atoms with E-state index in [-0.39, 0.29) is 18.4 Å². The van der Waals surface area contributed by atoms with Crippen LogP contribution >= 0.6 is 0 Å². The van der Waals surface area contributed by atoms with E-state index in [9.17, 15) is 28.2 Å². The smallest absolute Gasteiger partial charge is 0.309 e. The summed E-state index contributed by atoms with van der Waals surface area (Å²) >= 11 is 0. The molecule has 0 radical (unpaired) electrons. The zero-order valence-corrected chi connectivity index (χ0v) is 25.0. The van der Waals surface area contributed by atoms with E-state index in [1.165, 1.54) is 0 Å². The number of ether oxygens (including phenoxy) is 2. The van der Waals surface area contributed by atoms with Gasteiger partial charge in [0.2, 0.25) is 0 Å². The quantitative estimate of drug-likeness (QED) is 0.272. The number of methoxy groups -OCH3 is 1. The SMILES string of the molecule is COc1ccc2ncc(CN3CCOCC3)c([C@H](O)CCC3(C(=O)O)CCN(CCCc4cc(F)cc(F)c4F)CC3)c2c1. The van der Waals surface area contributed by atoms with E-state index in [0.29, 0.717) is 76.9 Å². The predicted octanol–water partition coefficient (Wildman–Crippen LogP) is 5.11. The number of carboxylic acid groups (broad SMARTS) is 1. The van der Waals surface area contributed by atoms with Gasteiger partial charge in [-0.3, -0.25) is 14.7 Å². The molecule has 2 aromatic carbocycles. The number of carbonyl (C=O) groups is 1. The first-order valence-electron chi connectivity index (χ1n) is 15.2. The van der Waals surface area contributed by atoms with Crippen molar-refractivity contribution in [2.24, 2.45) is 5.41 Å². The Morgan fingerprint density at radius 1 is 1.07 bits per heavy atom. The molecule has 1 atom stereocenters. The molecule has 2 aliphatic heterocycles. The molecule has 0 aliphatic carbocycles. The van der Waals surface area contributed by atoms with Gasteiger partial charge in [-0.15, -0.1) is 0 Å². The molecule has 0 saturated carbocycles. The molecule has 0 unspecified atom stereocenters. The van der Waals surface area contributed by atoms with Crippen LogP contribution in [0.1, 0.15) is 54.9 Å². The standard InChI is InChI=1S/C33H40F3N3O5/c1-43-25-4-5-28-26(19-25)30(23(20-37-28)21-39-13-15-44-16-14-39)29(40)6-7-33(32(41)42)8-11-38(12-9-33)10-2-3-22-17-24(34)18-27(35)31(22)36/h4-5,17-20,29,40H,2-3,6-16,21H2,1H3,(H,41,42)/t29-/m1/s1. The van der Waals surface area contributed by atoms with Gasteiger partial charge in [-0.05, 0) is 99.1 Å². The summed E-state index contributed by atoms with van der Waals surface area (Å²) in [5, 5.41) is 22.8. The Bertz CT molecular complexity index is 1460. The summed E-state index contributed by atoms with van der Waals surface area (Å²) in [6, 6.07) is 7.11. The minimum absolute atomic E-state index is 0.00243. The molecule has 44 heavy (non-hydrogen) atoms. The normalized spacial score (nSPS) is 18.4. The first-order valence-corrected chi connectivity index (χ1v) is 15.2. The maximum atomic E-state index is 14.0. The van der Waals surface area contributed by atoms with Crippen LogP contribution in [-0.2, 0) is 22.5 Å². The number of hydrogen-bond donors (Lipinski definition) is 2. The van der Waals surface area contributed by atoms with Gasteiger partial charge in [0.15, 0.2) is 11.6 Å². The number of piperidine rings is 1. The average molecular weight is 616 g/mol. The number of aliphatic hydroxyl groups excluding tert-OH is 1. The molecule has 3 aromatic rings. The molecule has 2 saturated heterocycles. The molecule has 238 valence electrons. The highest BCUT2D eigenvalue weighted by Crippen LogP contribution is 2.40. The van der Waals surface area contributed by atoms with Gasteiger partial charge < -0.3 is 24.6 Å². The van der Waals surface area contributed by atoms with Crippen LogP contribution in [0.3, 0.4) is 0 Å². The van der Waals surface area contributed by atoms with E-state index in [1.807, 2.05) is 18.2 Å². The van der Waals surface area contributed by atoms with Crippen LogP contribution in [-0.4, -0.2) is 84.0 Å². The number of pyridine rings is 1. The van der Waals surface area contributed by atoms with E-state index in [4.69, 9.17) is 9.47 Å². The Balaban J connectivity index is 1.25. The third-order valence-corrected chi connectivity index (χ3v) is 9.18. The van der Waals surface area contributed by atoms with Crippen molar-refractivity contribution in [1.82, 2.24) is 14.8 Å². The second kappa shape index (κ2) is 14.2. The lowest BCUT2D eigenvalue weighted by Gasteiger charge is -2.39. The summed E-state index contributed by atoms with van der Waals surface area (Å²) in [5.74, 6) is -3.26. The number of benzene rings is 2. The Hall–Kier alpha value is -3.25. The van der Waals surface area contributed by atoms with Gasteiger partial charge in [0, 0.05) is 37.3 Å². The third-order valence-electron chi connectivity index (χ3n) is 9.18. The number of aliphatic hydroxyl groups is 1. The van der Waals surface area contributed by atoms with Crippen molar-refractivity contribution in [3.05, 3.63) is 70.7 Å². The summed E-state index contributed by atoms with van der Waals surface area (Å²) in [6.45, 7) is 5.06. The summed E-state index contributed by atoms with van der Waals surface area (Å²) in [7, 11) is 1.59. The molecule has 3 heterocycles. The van der Waals surface area contributed by atoms with Crippen molar-refractivity contribution >= 4 is 16.9 Å². The van der Waals surface area contributed by atoms with E-state index in [2.05, 4.69) is 14.8 Å². The highest BCUT2D eigenvalue weighted by molar-refractivity contribution is 5.85. The minimum atomic E-state index is -1.20. The van der Waals surface area contributed by atoms with Crippen LogP contribution in [0.5, 0.6) is 5.75 Å². The molecule has 2 fully saturated rings. The number of rotatable bonds is 12. The summed E-state index contributed by atoms with van der Waals surface area (Å²) < 4.78 is 52.0. The topological polar surface area (TPSA) is 95.4 Å². The second-order valence-corrected chi connectivity index (χ2v) is 11.9. The fraction of sp³-hybridized carbons (Fsp3) is 0.515. The molecule has 1 aromatic heterocycles. The molecule has 5 rings (SSSR count). The average Bonchev–Trinajstić information content (AvgIpc) is 3.02. The summed E-state index contributed by atoms with van der Waals surface area (Å²) in [5.41, 5.74) is 1.39. The molecular weight excluding hydrogens is 575 g/mol. The molecule has 2 N–H and O–H groups in total. The highest BCUT2D eigenvalue weighted by atomic mass is 19.2. The predicted molar refractivity (Wildman–Crippen MR) is 159 cm³/mol. The Morgan fingerprint density at radius 3 is 2.52 bits per heavy atom. The van der Waals surface area contributed by atoms with Crippen LogP contribution in [0, 0.1) is 22.9 Å². The number of hydrogen-bond acceptors (Lipinski definition) is 7. The highest BCUT2D eigenvalue weighted by Gasteiger charge is 2.41. The zero-order chi connectivity index (χ0) is 31.3. The summed E-state index contributed by atoms with van der Waals surface area (Å²) in [4.78, 5) is 21.6. The van der Waals surface area contributed by atoms with Gasteiger partial charge in [0.25, 0.3) is 0 Å². The molecule has 0 spiro atoms. The Morgan fingerprint density at radius 2 is 1.82 bits per heavy atom. The Labute approximate surface area is 255 Å². The van der Waals surface area contributed by atoms with Crippen LogP contribution in [0.2, 0.25) is 0 Å². The number of morpholine rings is 1. The number of halogens is 3. The second-order valence-electron chi connectivity index (χ2n) is 11.9. The maximum absolute atomic E-state index is 14.0. The Kier molecular flexibility index (Phi) is 10.4. The maximum Gasteiger partial charge on any atom is 0.309 e. The molecule has 0 bridgehead atoms. The molecular formula is C33H40F3N3O5. The fourth-order valence-electron chi connectivity index (χ4n) is 6.50. The van der Waals surface area contributed by atoms with Crippen molar-refractivity contribution in [2.75, 3.05) is 53.0 Å². The lowest BCUT2D eigenvalue weighted by molar-refractivity contribution is -0.153. The van der Waals surface area contributed by atoms with E-state index >= 15 is 0 Å². The van der Waals surface area contributed by atoms with Gasteiger partial charge in [-0.25, -0.2) is 13.2 Å².